The van der Waals surface area contributed by atoms with Crippen LogP contribution in [0.15, 0.2) is 77.7 Å². The molecule has 0 radical (unpaired) electrons. The van der Waals surface area contributed by atoms with Crippen LogP contribution in [0.3, 0.4) is 0 Å². The number of anilines is 2. The van der Waals surface area contributed by atoms with Crippen molar-refractivity contribution in [1.29, 1.82) is 0 Å². The number of carbonyl (C=O) groups is 2. The Morgan fingerprint density at radius 1 is 0.923 bits per heavy atom. The highest BCUT2D eigenvalue weighted by Gasteiger charge is 2.16. The Bertz CT molecular complexity index is 969. The van der Waals surface area contributed by atoms with E-state index in [1.54, 1.807) is 6.07 Å². The van der Waals surface area contributed by atoms with Gasteiger partial charge in [0.2, 0.25) is 5.91 Å². The Balaban J connectivity index is 1.50. The smallest absolute Gasteiger partial charge is 0.255 e. The first-order chi connectivity index (χ1) is 12.7. The molecule has 0 saturated carbocycles. The Labute approximate surface area is 155 Å². The van der Waals surface area contributed by atoms with Crippen LogP contribution in [0, 0.1) is 0 Å². The molecule has 3 aromatic rings. The summed E-state index contributed by atoms with van der Waals surface area (Å²) >= 11 is 1.50. The van der Waals surface area contributed by atoms with E-state index in [4.69, 9.17) is 0 Å². The fraction of sp³-hybridized carbons (Fsp3) is 0.0476. The van der Waals surface area contributed by atoms with E-state index in [1.807, 2.05) is 66.7 Å². The molecule has 0 atom stereocenters. The fourth-order valence-electron chi connectivity index (χ4n) is 2.81. The van der Waals surface area contributed by atoms with Gasteiger partial charge in [-0.3, -0.25) is 9.59 Å². The Kier molecular flexibility index (Phi) is 4.46. The second kappa shape index (κ2) is 7.06. The zero-order valence-electron chi connectivity index (χ0n) is 13.9. The molecule has 26 heavy (non-hydrogen) atoms. The number of nitrogens with one attached hydrogen (secondary N) is 2. The lowest BCUT2D eigenvalue weighted by Gasteiger charge is -2.17. The van der Waals surface area contributed by atoms with Gasteiger partial charge in [-0.05, 0) is 41.5 Å². The maximum atomic E-state index is 12.5. The maximum Gasteiger partial charge on any atom is 0.255 e. The van der Waals surface area contributed by atoms with Crippen molar-refractivity contribution in [2.24, 2.45) is 0 Å². The van der Waals surface area contributed by atoms with Crippen molar-refractivity contribution in [3.8, 4) is 11.1 Å². The first-order valence-electron chi connectivity index (χ1n) is 8.22. The highest BCUT2D eigenvalue weighted by Crippen LogP contribution is 2.33. The highest BCUT2D eigenvalue weighted by atomic mass is 32.2. The second-order valence-electron chi connectivity index (χ2n) is 5.95. The first-order valence-corrected chi connectivity index (χ1v) is 9.21. The summed E-state index contributed by atoms with van der Waals surface area (Å²) in [5, 5.41) is 5.71. The summed E-state index contributed by atoms with van der Waals surface area (Å²) in [5.41, 5.74) is 4.16. The Hall–Kier alpha value is -3.05. The van der Waals surface area contributed by atoms with Crippen LogP contribution >= 0.6 is 11.8 Å². The minimum absolute atomic E-state index is 0.0255. The third-order valence-corrected chi connectivity index (χ3v) is 5.20. The van der Waals surface area contributed by atoms with Gasteiger partial charge in [0.1, 0.15) is 0 Å². The summed E-state index contributed by atoms with van der Waals surface area (Å²) in [4.78, 5) is 25.0. The van der Waals surface area contributed by atoms with Crippen LogP contribution in [0.1, 0.15) is 10.4 Å². The van der Waals surface area contributed by atoms with Gasteiger partial charge in [0.15, 0.2) is 0 Å². The average molecular weight is 360 g/mol. The molecule has 4 nitrogen and oxygen atoms in total. The molecule has 2 N–H and O–H groups in total. The number of carbonyl (C=O) groups excluding carboxylic acids is 2. The van der Waals surface area contributed by atoms with Gasteiger partial charge in [-0.15, -0.1) is 11.8 Å². The molecule has 4 rings (SSSR count). The van der Waals surface area contributed by atoms with E-state index < -0.39 is 0 Å². The minimum Gasteiger partial charge on any atom is -0.324 e. The summed E-state index contributed by atoms with van der Waals surface area (Å²) < 4.78 is 0. The number of hydrogen-bond donors (Lipinski definition) is 2. The van der Waals surface area contributed by atoms with E-state index in [9.17, 15) is 9.59 Å². The molecule has 128 valence electrons. The van der Waals surface area contributed by atoms with Crippen molar-refractivity contribution in [3.05, 3.63) is 78.4 Å². The van der Waals surface area contributed by atoms with Gasteiger partial charge in [-0.1, -0.05) is 42.5 Å². The Morgan fingerprint density at radius 2 is 1.65 bits per heavy atom. The van der Waals surface area contributed by atoms with Crippen LogP contribution in [-0.2, 0) is 4.79 Å². The molecule has 0 aromatic heterocycles. The van der Waals surface area contributed by atoms with Crippen LogP contribution in [-0.4, -0.2) is 17.6 Å². The average Bonchev–Trinajstić information content (AvgIpc) is 2.68. The van der Waals surface area contributed by atoms with Gasteiger partial charge in [0, 0.05) is 16.1 Å². The number of thioether (sulfide) groups is 1. The largest absolute Gasteiger partial charge is 0.324 e. The van der Waals surface area contributed by atoms with E-state index in [0.29, 0.717) is 17.0 Å². The van der Waals surface area contributed by atoms with Crippen LogP contribution in [0.5, 0.6) is 0 Å². The molecule has 0 bridgehead atoms. The lowest BCUT2D eigenvalue weighted by molar-refractivity contribution is -0.113. The van der Waals surface area contributed by atoms with E-state index in [1.165, 1.54) is 11.8 Å². The predicted octanol–water partition coefficient (Wildman–Crippen LogP) is 4.65. The quantitative estimate of drug-likeness (QED) is 0.715. The van der Waals surface area contributed by atoms with E-state index in [-0.39, 0.29) is 11.8 Å². The molecule has 0 aliphatic carbocycles. The maximum absolute atomic E-state index is 12.5. The van der Waals surface area contributed by atoms with Gasteiger partial charge >= 0.3 is 0 Å². The van der Waals surface area contributed by atoms with Gasteiger partial charge < -0.3 is 10.6 Å². The molecule has 0 unspecified atom stereocenters. The zero-order valence-corrected chi connectivity index (χ0v) is 14.7. The normalized spacial score (nSPS) is 12.8. The number of hydrogen-bond acceptors (Lipinski definition) is 3. The minimum atomic E-state index is -0.181. The predicted molar refractivity (Wildman–Crippen MR) is 106 cm³/mol. The van der Waals surface area contributed by atoms with Crippen LogP contribution in [0.25, 0.3) is 11.1 Å². The van der Waals surface area contributed by atoms with Gasteiger partial charge in [0.25, 0.3) is 5.91 Å². The van der Waals surface area contributed by atoms with Crippen molar-refractivity contribution in [2.75, 3.05) is 16.4 Å². The molecule has 1 heterocycles. The number of amides is 2. The third kappa shape index (κ3) is 3.48. The van der Waals surface area contributed by atoms with Gasteiger partial charge in [0.05, 0.1) is 11.4 Å². The van der Waals surface area contributed by atoms with E-state index in [0.717, 1.165) is 21.7 Å². The number of fused-ring (bicyclic) bond motifs is 1. The molecular formula is C21H16N2O2S. The number of benzene rings is 3. The molecule has 0 fully saturated rings. The van der Waals surface area contributed by atoms with Crippen LogP contribution < -0.4 is 10.6 Å². The molecule has 0 saturated heterocycles. The van der Waals surface area contributed by atoms with Crippen LogP contribution in [0.2, 0.25) is 0 Å². The first kappa shape index (κ1) is 16.4. The zero-order chi connectivity index (χ0) is 17.9. The third-order valence-electron chi connectivity index (χ3n) is 4.12. The van der Waals surface area contributed by atoms with Crippen LogP contribution in [0.4, 0.5) is 11.4 Å². The molecule has 3 aromatic carbocycles. The molecule has 0 spiro atoms. The molecule has 2 amide bonds. The SMILES string of the molecule is O=C1CSc2ccc(NC(=O)c3ccc(-c4ccccc4)cc3)cc2N1. The number of rotatable bonds is 3. The van der Waals surface area contributed by atoms with Crippen molar-refractivity contribution in [1.82, 2.24) is 0 Å². The summed E-state index contributed by atoms with van der Waals surface area (Å²) in [6.45, 7) is 0. The standard InChI is InChI=1S/C21H16N2O2S/c24-20-13-26-19-11-10-17(12-18(19)23-20)22-21(25)16-8-6-15(7-9-16)14-4-2-1-3-5-14/h1-12H,13H2,(H,22,25)(H,23,24). The highest BCUT2D eigenvalue weighted by molar-refractivity contribution is 8.00. The van der Waals surface area contributed by atoms with Crippen molar-refractivity contribution in [2.45, 2.75) is 4.90 Å². The van der Waals surface area contributed by atoms with Crippen molar-refractivity contribution < 1.29 is 9.59 Å². The van der Waals surface area contributed by atoms with Crippen molar-refractivity contribution >= 4 is 35.0 Å². The molecular weight excluding hydrogens is 344 g/mol. The molecule has 1 aliphatic heterocycles. The van der Waals surface area contributed by atoms with E-state index >= 15 is 0 Å². The van der Waals surface area contributed by atoms with Gasteiger partial charge in [-0.25, -0.2) is 0 Å². The summed E-state index contributed by atoms with van der Waals surface area (Å²) in [6.07, 6.45) is 0. The van der Waals surface area contributed by atoms with E-state index in [2.05, 4.69) is 10.6 Å². The lowest BCUT2D eigenvalue weighted by atomic mass is 10.0. The van der Waals surface area contributed by atoms with Crippen molar-refractivity contribution in [3.63, 3.8) is 0 Å². The van der Waals surface area contributed by atoms with Gasteiger partial charge in [-0.2, -0.15) is 0 Å². The molecule has 5 heteroatoms. The Morgan fingerprint density at radius 3 is 2.42 bits per heavy atom. The fourth-order valence-corrected chi connectivity index (χ4v) is 3.60. The molecule has 1 aliphatic rings. The topological polar surface area (TPSA) is 58.2 Å². The lowest BCUT2D eigenvalue weighted by Crippen LogP contribution is -2.19. The second-order valence-corrected chi connectivity index (χ2v) is 6.96. The summed E-state index contributed by atoms with van der Waals surface area (Å²) in [7, 11) is 0. The summed E-state index contributed by atoms with van der Waals surface area (Å²) in [5.74, 6) is 0.216. The monoisotopic (exact) mass is 360 g/mol. The summed E-state index contributed by atoms with van der Waals surface area (Å²) in [6, 6.07) is 23.1.